The van der Waals surface area contributed by atoms with Crippen molar-refractivity contribution in [3.63, 3.8) is 0 Å². The highest BCUT2D eigenvalue weighted by Crippen LogP contribution is 2.26. The van der Waals surface area contributed by atoms with Gasteiger partial charge in [0.25, 0.3) is 0 Å². The first-order valence-corrected chi connectivity index (χ1v) is 4.24. The van der Waals surface area contributed by atoms with Crippen LogP contribution in [0.1, 0.15) is 20.3 Å². The summed E-state index contributed by atoms with van der Waals surface area (Å²) in [5.41, 5.74) is 0.894. The average molecular weight is 171 g/mol. The molecular formula is C8H13NOS. The Morgan fingerprint density at radius 1 is 1.73 bits per heavy atom. The number of carbonyl (C=O) groups excluding carboxylic acids is 1. The van der Waals surface area contributed by atoms with Gasteiger partial charge in [0.05, 0.1) is 5.25 Å². The van der Waals surface area contributed by atoms with Crippen LogP contribution in [0, 0.1) is 0 Å². The van der Waals surface area contributed by atoms with E-state index in [9.17, 15) is 4.79 Å². The van der Waals surface area contributed by atoms with Crippen molar-refractivity contribution in [2.24, 2.45) is 0 Å². The Bertz CT molecular complexity index is 200. The van der Waals surface area contributed by atoms with E-state index in [1.165, 1.54) is 0 Å². The Balaban J connectivity index is 2.80. The zero-order valence-electron chi connectivity index (χ0n) is 6.87. The minimum absolute atomic E-state index is 0.0910. The smallest absolute Gasteiger partial charge is 0.240 e. The highest BCUT2D eigenvalue weighted by atomic mass is 32.1. The standard InChI is InChI=1S/C8H13NOS/c1-5(2)9-6(3)4-7(11)8(9)10/h5,7,11H,3-4H2,1-2H3. The quantitative estimate of drug-likeness (QED) is 0.592. The Labute approximate surface area is 72.7 Å². The Kier molecular flexibility index (Phi) is 2.28. The number of nitrogens with zero attached hydrogens (tertiary/aromatic N) is 1. The van der Waals surface area contributed by atoms with Crippen LogP contribution in [-0.2, 0) is 4.79 Å². The lowest BCUT2D eigenvalue weighted by atomic mass is 10.3. The third-order valence-electron chi connectivity index (χ3n) is 1.81. The monoisotopic (exact) mass is 171 g/mol. The molecule has 1 saturated heterocycles. The van der Waals surface area contributed by atoms with Crippen molar-refractivity contribution in [3.05, 3.63) is 12.3 Å². The third kappa shape index (κ3) is 1.43. The molecule has 0 aromatic carbocycles. The molecule has 1 atom stereocenters. The van der Waals surface area contributed by atoms with Crippen molar-refractivity contribution in [2.45, 2.75) is 31.6 Å². The van der Waals surface area contributed by atoms with Gasteiger partial charge < -0.3 is 4.90 Å². The second-order valence-corrected chi connectivity index (χ2v) is 3.71. The van der Waals surface area contributed by atoms with Gasteiger partial charge in [-0.2, -0.15) is 12.6 Å². The second kappa shape index (κ2) is 2.89. The molecule has 62 valence electrons. The molecule has 0 aromatic rings. The fourth-order valence-corrected chi connectivity index (χ4v) is 1.68. The van der Waals surface area contributed by atoms with Crippen LogP contribution in [0.25, 0.3) is 0 Å². The van der Waals surface area contributed by atoms with Gasteiger partial charge in [-0.15, -0.1) is 0 Å². The molecule has 0 aromatic heterocycles. The van der Waals surface area contributed by atoms with E-state index in [1.807, 2.05) is 13.8 Å². The van der Waals surface area contributed by atoms with Crippen LogP contribution in [0.3, 0.4) is 0 Å². The Morgan fingerprint density at radius 2 is 2.27 bits per heavy atom. The van der Waals surface area contributed by atoms with Crippen molar-refractivity contribution in [2.75, 3.05) is 0 Å². The number of thiol groups is 1. The Hall–Kier alpha value is -0.440. The lowest BCUT2D eigenvalue weighted by Crippen LogP contribution is -2.32. The molecule has 1 aliphatic rings. The van der Waals surface area contributed by atoms with E-state index in [0.29, 0.717) is 6.42 Å². The molecule has 1 rings (SSSR count). The number of carbonyl (C=O) groups is 1. The molecule has 0 bridgehead atoms. The van der Waals surface area contributed by atoms with Gasteiger partial charge in [-0.25, -0.2) is 0 Å². The summed E-state index contributed by atoms with van der Waals surface area (Å²) in [5.74, 6) is 0.0910. The van der Waals surface area contributed by atoms with Gasteiger partial charge in [0.1, 0.15) is 0 Å². The van der Waals surface area contributed by atoms with Gasteiger partial charge in [-0.1, -0.05) is 6.58 Å². The second-order valence-electron chi connectivity index (χ2n) is 3.09. The molecule has 1 amide bonds. The molecule has 0 N–H and O–H groups in total. The number of hydrogen-bond donors (Lipinski definition) is 1. The third-order valence-corrected chi connectivity index (χ3v) is 2.21. The van der Waals surface area contributed by atoms with E-state index in [0.717, 1.165) is 5.70 Å². The molecule has 3 heteroatoms. The number of allylic oxidation sites excluding steroid dienone is 1. The topological polar surface area (TPSA) is 20.3 Å². The first kappa shape index (κ1) is 8.65. The predicted octanol–water partition coefficient (Wildman–Crippen LogP) is 1.44. The van der Waals surface area contributed by atoms with Crippen molar-refractivity contribution in [1.82, 2.24) is 4.90 Å². The summed E-state index contributed by atoms with van der Waals surface area (Å²) in [7, 11) is 0. The molecule has 0 aliphatic carbocycles. The lowest BCUT2D eigenvalue weighted by molar-refractivity contribution is -0.127. The summed E-state index contributed by atoms with van der Waals surface area (Å²) in [6.45, 7) is 7.78. The molecule has 0 saturated carbocycles. The average Bonchev–Trinajstić information content (AvgIpc) is 2.07. The van der Waals surface area contributed by atoms with Crippen LogP contribution in [0.5, 0.6) is 0 Å². The maximum Gasteiger partial charge on any atom is 0.240 e. The molecule has 1 heterocycles. The van der Waals surface area contributed by atoms with Gasteiger partial charge in [-0.3, -0.25) is 4.79 Å². The van der Waals surface area contributed by atoms with Crippen LogP contribution in [-0.4, -0.2) is 22.1 Å². The largest absolute Gasteiger partial charge is 0.313 e. The summed E-state index contributed by atoms with van der Waals surface area (Å²) in [6, 6.07) is 0.215. The number of amides is 1. The molecule has 0 spiro atoms. The minimum atomic E-state index is -0.162. The van der Waals surface area contributed by atoms with Crippen molar-refractivity contribution >= 4 is 18.5 Å². The maximum atomic E-state index is 11.3. The number of hydrogen-bond acceptors (Lipinski definition) is 2. The Morgan fingerprint density at radius 3 is 2.45 bits per heavy atom. The van der Waals surface area contributed by atoms with Gasteiger partial charge in [0, 0.05) is 18.2 Å². The highest BCUT2D eigenvalue weighted by molar-refractivity contribution is 7.81. The van der Waals surface area contributed by atoms with Crippen molar-refractivity contribution in [3.8, 4) is 0 Å². The fourth-order valence-electron chi connectivity index (χ4n) is 1.34. The van der Waals surface area contributed by atoms with E-state index in [-0.39, 0.29) is 17.2 Å². The van der Waals surface area contributed by atoms with Crippen molar-refractivity contribution < 1.29 is 4.79 Å². The molecule has 1 unspecified atom stereocenters. The lowest BCUT2D eigenvalue weighted by Gasteiger charge is -2.21. The van der Waals surface area contributed by atoms with E-state index in [4.69, 9.17) is 0 Å². The summed E-state index contributed by atoms with van der Waals surface area (Å²) in [5, 5.41) is -0.162. The van der Waals surface area contributed by atoms with Crippen LogP contribution in [0.4, 0.5) is 0 Å². The van der Waals surface area contributed by atoms with Crippen LogP contribution in [0.15, 0.2) is 12.3 Å². The van der Waals surface area contributed by atoms with E-state index >= 15 is 0 Å². The first-order valence-electron chi connectivity index (χ1n) is 3.73. The number of rotatable bonds is 1. The summed E-state index contributed by atoms with van der Waals surface area (Å²) >= 11 is 4.15. The van der Waals surface area contributed by atoms with Crippen LogP contribution < -0.4 is 0 Å². The van der Waals surface area contributed by atoms with Gasteiger partial charge >= 0.3 is 0 Å². The van der Waals surface area contributed by atoms with E-state index in [1.54, 1.807) is 4.90 Å². The SMILES string of the molecule is C=C1CC(S)C(=O)N1C(C)C. The van der Waals surface area contributed by atoms with Crippen LogP contribution >= 0.6 is 12.6 Å². The first-order chi connectivity index (χ1) is 5.04. The minimum Gasteiger partial charge on any atom is -0.313 e. The normalized spacial score (nSPS) is 25.5. The zero-order chi connectivity index (χ0) is 8.59. The van der Waals surface area contributed by atoms with E-state index in [2.05, 4.69) is 19.2 Å². The predicted molar refractivity (Wildman–Crippen MR) is 48.5 cm³/mol. The summed E-state index contributed by atoms with van der Waals surface area (Å²) < 4.78 is 0. The summed E-state index contributed by atoms with van der Waals surface area (Å²) in [4.78, 5) is 13.1. The molecule has 11 heavy (non-hydrogen) atoms. The highest BCUT2D eigenvalue weighted by Gasteiger charge is 2.33. The van der Waals surface area contributed by atoms with Crippen molar-refractivity contribution in [1.29, 1.82) is 0 Å². The maximum absolute atomic E-state index is 11.3. The van der Waals surface area contributed by atoms with E-state index < -0.39 is 0 Å². The molecule has 2 nitrogen and oxygen atoms in total. The molecular weight excluding hydrogens is 158 g/mol. The fraction of sp³-hybridized carbons (Fsp3) is 0.625. The summed E-state index contributed by atoms with van der Waals surface area (Å²) in [6.07, 6.45) is 0.695. The van der Waals surface area contributed by atoms with Gasteiger partial charge in [-0.05, 0) is 13.8 Å². The molecule has 0 radical (unpaired) electrons. The van der Waals surface area contributed by atoms with Gasteiger partial charge in [0.2, 0.25) is 5.91 Å². The molecule has 1 fully saturated rings. The number of likely N-dealkylation sites (tertiary alicyclic amines) is 1. The van der Waals surface area contributed by atoms with Gasteiger partial charge in [0.15, 0.2) is 0 Å². The zero-order valence-corrected chi connectivity index (χ0v) is 7.77. The molecule has 1 aliphatic heterocycles. The van der Waals surface area contributed by atoms with Crippen LogP contribution in [0.2, 0.25) is 0 Å².